The summed E-state index contributed by atoms with van der Waals surface area (Å²) < 4.78 is 26.9. The number of fused-ring (bicyclic) bond motifs is 3. The number of benzene rings is 1. The standard InChI is InChI=1S/C16H13N3O2S2/c1-19(23(20,21)15-5-3-9-22-15)11-6-7-14-13(10-11)12-4-2-8-17-16(12)18-14/h2-10H,1H3,(H,17,18). The molecule has 7 heteroatoms. The maximum absolute atomic E-state index is 12.6. The van der Waals surface area contributed by atoms with Gasteiger partial charge in [-0.05, 0) is 41.8 Å². The molecular formula is C16H13N3O2S2. The Bertz CT molecular complexity index is 1100. The van der Waals surface area contributed by atoms with Crippen LogP contribution in [0.3, 0.4) is 0 Å². The van der Waals surface area contributed by atoms with Crippen LogP contribution in [0, 0.1) is 0 Å². The predicted octanol–water partition coefficient (Wildman–Crippen LogP) is 3.60. The highest BCUT2D eigenvalue weighted by Crippen LogP contribution is 2.30. The third-order valence-corrected chi connectivity index (χ3v) is 6.99. The summed E-state index contributed by atoms with van der Waals surface area (Å²) in [7, 11) is -1.95. The summed E-state index contributed by atoms with van der Waals surface area (Å²) in [6.45, 7) is 0. The van der Waals surface area contributed by atoms with Crippen molar-refractivity contribution in [2.24, 2.45) is 0 Å². The average Bonchev–Trinajstić information content (AvgIpc) is 3.21. The van der Waals surface area contributed by atoms with E-state index in [2.05, 4.69) is 9.97 Å². The van der Waals surface area contributed by atoms with Gasteiger partial charge in [0.05, 0.1) is 5.69 Å². The molecule has 4 rings (SSSR count). The first kappa shape index (κ1) is 14.2. The Kier molecular flexibility index (Phi) is 3.14. The van der Waals surface area contributed by atoms with Crippen molar-refractivity contribution in [2.45, 2.75) is 4.21 Å². The van der Waals surface area contributed by atoms with Crippen molar-refractivity contribution in [1.29, 1.82) is 0 Å². The van der Waals surface area contributed by atoms with Crippen LogP contribution in [-0.4, -0.2) is 25.4 Å². The van der Waals surface area contributed by atoms with Gasteiger partial charge < -0.3 is 4.98 Å². The topological polar surface area (TPSA) is 66.1 Å². The predicted molar refractivity (Wildman–Crippen MR) is 93.5 cm³/mol. The fraction of sp³-hybridized carbons (Fsp3) is 0.0625. The van der Waals surface area contributed by atoms with Crippen molar-refractivity contribution in [3.63, 3.8) is 0 Å². The fourth-order valence-electron chi connectivity index (χ4n) is 2.59. The van der Waals surface area contributed by atoms with Gasteiger partial charge >= 0.3 is 0 Å². The molecule has 0 fully saturated rings. The van der Waals surface area contributed by atoms with Gasteiger partial charge in [-0.3, -0.25) is 4.31 Å². The van der Waals surface area contributed by atoms with Gasteiger partial charge in [-0.25, -0.2) is 13.4 Å². The zero-order chi connectivity index (χ0) is 16.0. The van der Waals surface area contributed by atoms with Crippen molar-refractivity contribution in [1.82, 2.24) is 9.97 Å². The molecule has 0 atom stereocenters. The number of aromatic amines is 1. The van der Waals surface area contributed by atoms with E-state index in [0.29, 0.717) is 9.90 Å². The normalized spacial score (nSPS) is 12.0. The third-order valence-electron chi connectivity index (χ3n) is 3.83. The van der Waals surface area contributed by atoms with Gasteiger partial charge in [0.2, 0.25) is 0 Å². The minimum Gasteiger partial charge on any atom is -0.339 e. The quantitative estimate of drug-likeness (QED) is 0.618. The van der Waals surface area contributed by atoms with E-state index in [-0.39, 0.29) is 0 Å². The van der Waals surface area contributed by atoms with Crippen molar-refractivity contribution in [2.75, 3.05) is 11.4 Å². The summed E-state index contributed by atoms with van der Waals surface area (Å²) in [6, 6.07) is 12.7. The van der Waals surface area contributed by atoms with Gasteiger partial charge in [-0.2, -0.15) is 0 Å². The second-order valence-corrected chi connectivity index (χ2v) is 8.30. The van der Waals surface area contributed by atoms with E-state index in [1.54, 1.807) is 36.8 Å². The van der Waals surface area contributed by atoms with Gasteiger partial charge in [0.1, 0.15) is 9.86 Å². The van der Waals surface area contributed by atoms with Crippen LogP contribution in [0.1, 0.15) is 0 Å². The molecule has 3 aromatic heterocycles. The summed E-state index contributed by atoms with van der Waals surface area (Å²) in [5.74, 6) is 0. The van der Waals surface area contributed by atoms with Crippen LogP contribution < -0.4 is 4.31 Å². The third kappa shape index (κ3) is 2.20. The Morgan fingerprint density at radius 3 is 2.78 bits per heavy atom. The number of hydrogen-bond donors (Lipinski definition) is 1. The molecule has 0 aliphatic carbocycles. The molecule has 0 spiro atoms. The number of anilines is 1. The molecule has 0 aliphatic heterocycles. The first-order chi connectivity index (χ1) is 11.1. The van der Waals surface area contributed by atoms with Crippen LogP contribution in [-0.2, 0) is 10.0 Å². The lowest BCUT2D eigenvalue weighted by Gasteiger charge is -2.18. The number of hydrogen-bond acceptors (Lipinski definition) is 4. The minimum absolute atomic E-state index is 0.334. The second kappa shape index (κ2) is 5.07. The summed E-state index contributed by atoms with van der Waals surface area (Å²) in [6.07, 6.45) is 1.73. The Balaban J connectivity index is 1.87. The molecule has 3 heterocycles. The maximum Gasteiger partial charge on any atom is 0.273 e. The highest BCUT2D eigenvalue weighted by atomic mass is 32.2. The number of rotatable bonds is 3. The van der Waals surface area contributed by atoms with Crippen LogP contribution in [0.5, 0.6) is 0 Å². The Labute approximate surface area is 137 Å². The van der Waals surface area contributed by atoms with Gasteiger partial charge in [0, 0.05) is 29.5 Å². The van der Waals surface area contributed by atoms with E-state index in [4.69, 9.17) is 0 Å². The molecule has 0 bridgehead atoms. The minimum atomic E-state index is -3.53. The number of H-pyrrole nitrogens is 1. The number of sulfonamides is 1. The summed E-state index contributed by atoms with van der Waals surface area (Å²) in [4.78, 5) is 7.53. The molecular weight excluding hydrogens is 330 g/mol. The molecule has 23 heavy (non-hydrogen) atoms. The Morgan fingerprint density at radius 2 is 2.00 bits per heavy atom. The van der Waals surface area contributed by atoms with E-state index in [1.165, 1.54) is 15.6 Å². The van der Waals surface area contributed by atoms with E-state index in [0.717, 1.165) is 21.9 Å². The number of aromatic nitrogens is 2. The summed E-state index contributed by atoms with van der Waals surface area (Å²) in [5, 5.41) is 3.69. The monoisotopic (exact) mass is 343 g/mol. The van der Waals surface area contributed by atoms with Crippen LogP contribution >= 0.6 is 11.3 Å². The first-order valence-electron chi connectivity index (χ1n) is 6.96. The molecule has 0 saturated carbocycles. The fourth-order valence-corrected chi connectivity index (χ4v) is 4.94. The molecule has 116 valence electrons. The average molecular weight is 343 g/mol. The summed E-state index contributed by atoms with van der Waals surface area (Å²) in [5.41, 5.74) is 2.35. The van der Waals surface area contributed by atoms with Gasteiger partial charge in [0.15, 0.2) is 0 Å². The molecule has 4 aromatic rings. The molecule has 0 aliphatic rings. The summed E-state index contributed by atoms with van der Waals surface area (Å²) >= 11 is 1.21. The van der Waals surface area contributed by atoms with E-state index in [9.17, 15) is 8.42 Å². The van der Waals surface area contributed by atoms with Crippen molar-refractivity contribution >= 4 is 49.0 Å². The lowest BCUT2D eigenvalue weighted by atomic mass is 10.2. The number of nitrogens with zero attached hydrogens (tertiary/aromatic N) is 2. The molecule has 1 N–H and O–H groups in total. The maximum atomic E-state index is 12.6. The zero-order valence-electron chi connectivity index (χ0n) is 12.2. The largest absolute Gasteiger partial charge is 0.339 e. The highest BCUT2D eigenvalue weighted by Gasteiger charge is 2.22. The molecule has 0 amide bonds. The second-order valence-electron chi connectivity index (χ2n) is 5.16. The smallest absolute Gasteiger partial charge is 0.273 e. The van der Waals surface area contributed by atoms with Crippen molar-refractivity contribution in [3.05, 3.63) is 54.0 Å². The van der Waals surface area contributed by atoms with E-state index >= 15 is 0 Å². The Hall–Kier alpha value is -2.38. The van der Waals surface area contributed by atoms with Gasteiger partial charge in [-0.1, -0.05) is 6.07 Å². The van der Waals surface area contributed by atoms with Gasteiger partial charge in [-0.15, -0.1) is 11.3 Å². The lowest BCUT2D eigenvalue weighted by Crippen LogP contribution is -2.25. The van der Waals surface area contributed by atoms with Crippen LogP contribution in [0.2, 0.25) is 0 Å². The van der Waals surface area contributed by atoms with Crippen molar-refractivity contribution < 1.29 is 8.42 Å². The molecule has 0 unspecified atom stereocenters. The first-order valence-corrected chi connectivity index (χ1v) is 9.28. The molecule has 0 radical (unpaired) electrons. The van der Waals surface area contributed by atoms with E-state index < -0.39 is 10.0 Å². The van der Waals surface area contributed by atoms with Crippen LogP contribution in [0.4, 0.5) is 5.69 Å². The number of pyridine rings is 1. The lowest BCUT2D eigenvalue weighted by molar-refractivity contribution is 0.596. The SMILES string of the molecule is CN(c1ccc2[nH]c3ncccc3c2c1)S(=O)(=O)c1cccs1. The molecule has 0 saturated heterocycles. The number of thiophene rings is 1. The van der Waals surface area contributed by atoms with Crippen LogP contribution in [0.15, 0.2) is 58.3 Å². The van der Waals surface area contributed by atoms with Crippen LogP contribution in [0.25, 0.3) is 21.9 Å². The highest BCUT2D eigenvalue weighted by molar-refractivity contribution is 7.94. The van der Waals surface area contributed by atoms with Crippen molar-refractivity contribution in [3.8, 4) is 0 Å². The molecule has 1 aromatic carbocycles. The Morgan fingerprint density at radius 1 is 1.13 bits per heavy atom. The van der Waals surface area contributed by atoms with E-state index in [1.807, 2.05) is 24.3 Å². The zero-order valence-corrected chi connectivity index (χ0v) is 13.9. The molecule has 5 nitrogen and oxygen atoms in total. The van der Waals surface area contributed by atoms with Gasteiger partial charge in [0.25, 0.3) is 10.0 Å². The number of nitrogens with one attached hydrogen (secondary N) is 1.